The Labute approximate surface area is 202 Å². The van der Waals surface area contributed by atoms with Crippen molar-refractivity contribution in [2.75, 3.05) is 31.2 Å². The number of nitrogens with zero attached hydrogens (tertiary/aromatic N) is 2. The molecule has 0 radical (unpaired) electrons. The van der Waals surface area contributed by atoms with Crippen LogP contribution in [-0.2, 0) is 20.9 Å². The van der Waals surface area contributed by atoms with Crippen LogP contribution in [0.2, 0.25) is 0 Å². The number of likely N-dealkylation sites (tertiary alicyclic amines) is 1. The number of amides is 1. The summed E-state index contributed by atoms with van der Waals surface area (Å²) in [6.07, 6.45) is -6.48. The van der Waals surface area contributed by atoms with Gasteiger partial charge in [0.05, 0.1) is 11.3 Å². The molecule has 2 saturated heterocycles. The zero-order valence-electron chi connectivity index (χ0n) is 19.1. The molecule has 1 aromatic rings. The third-order valence-corrected chi connectivity index (χ3v) is 5.67. The van der Waals surface area contributed by atoms with E-state index in [2.05, 4.69) is 4.90 Å². The molecule has 2 heterocycles. The van der Waals surface area contributed by atoms with Crippen LogP contribution in [0.25, 0.3) is 0 Å². The minimum atomic E-state index is -5.10. The van der Waals surface area contributed by atoms with Gasteiger partial charge in [-0.1, -0.05) is 12.5 Å². The molecule has 14 heteroatoms. The Bertz CT molecular complexity index is 925. The molecule has 0 atom stereocenters. The number of hydrogen-bond donors (Lipinski definition) is 2. The second kappa shape index (κ2) is 12.4. The van der Waals surface area contributed by atoms with Gasteiger partial charge in [-0.15, -0.1) is 0 Å². The molecule has 36 heavy (non-hydrogen) atoms. The number of alkyl halides is 6. The van der Waals surface area contributed by atoms with Crippen LogP contribution in [0.3, 0.4) is 0 Å². The Balaban J connectivity index is 0.000000572. The summed E-state index contributed by atoms with van der Waals surface area (Å²) in [5.41, 5.74) is 0.191. The van der Waals surface area contributed by atoms with Crippen LogP contribution in [-0.4, -0.2) is 77.7 Å². The van der Waals surface area contributed by atoms with E-state index in [1.165, 1.54) is 12.1 Å². The lowest BCUT2D eigenvalue weighted by Crippen LogP contribution is -2.50. The topological polar surface area (TPSA) is 107 Å². The van der Waals surface area contributed by atoms with Gasteiger partial charge in [0, 0.05) is 25.8 Å². The van der Waals surface area contributed by atoms with E-state index < -0.39 is 36.2 Å². The monoisotopic (exact) mass is 528 g/mol. The highest BCUT2D eigenvalue weighted by atomic mass is 19.4. The number of ether oxygens (including phenoxy) is 1. The van der Waals surface area contributed by atoms with Crippen LogP contribution in [0.15, 0.2) is 18.2 Å². The third-order valence-electron chi connectivity index (χ3n) is 5.67. The molecule has 0 aromatic heterocycles. The van der Waals surface area contributed by atoms with Gasteiger partial charge in [-0.05, 0) is 56.5 Å². The fraction of sp³-hybridized carbons (Fsp3) is 0.591. The van der Waals surface area contributed by atoms with Crippen molar-refractivity contribution in [3.8, 4) is 0 Å². The van der Waals surface area contributed by atoms with E-state index in [-0.39, 0.29) is 37.3 Å². The summed E-state index contributed by atoms with van der Waals surface area (Å²) in [6.45, 7) is 2.74. The molecular formula is C22H26F6N2O6. The third kappa shape index (κ3) is 8.36. The number of anilines is 1. The number of carboxylic acid groups (broad SMARTS) is 2. The Morgan fingerprint density at radius 3 is 1.97 bits per heavy atom. The van der Waals surface area contributed by atoms with Crippen molar-refractivity contribution >= 4 is 23.5 Å². The lowest BCUT2D eigenvalue weighted by molar-refractivity contribution is -0.192. The second-order valence-corrected chi connectivity index (χ2v) is 8.31. The summed E-state index contributed by atoms with van der Waals surface area (Å²) in [4.78, 5) is 35.7. The molecule has 0 saturated carbocycles. The number of piperidine rings is 1. The van der Waals surface area contributed by atoms with Crippen molar-refractivity contribution < 1.29 is 55.7 Å². The van der Waals surface area contributed by atoms with Gasteiger partial charge in [-0.25, -0.2) is 9.59 Å². The van der Waals surface area contributed by atoms with Gasteiger partial charge in [0.2, 0.25) is 0 Å². The highest BCUT2D eigenvalue weighted by molar-refractivity contribution is 6.04. The molecular weight excluding hydrogens is 502 g/mol. The van der Waals surface area contributed by atoms with Gasteiger partial charge < -0.3 is 19.8 Å². The van der Waals surface area contributed by atoms with Crippen LogP contribution in [0.5, 0.6) is 0 Å². The van der Waals surface area contributed by atoms with E-state index in [1.54, 1.807) is 6.07 Å². The van der Waals surface area contributed by atoms with E-state index in [0.717, 1.165) is 32.4 Å². The molecule has 2 N–H and O–H groups in total. The minimum Gasteiger partial charge on any atom is -0.478 e. The van der Waals surface area contributed by atoms with Crippen LogP contribution in [0, 0.1) is 0 Å². The van der Waals surface area contributed by atoms with E-state index in [4.69, 9.17) is 14.6 Å². The van der Waals surface area contributed by atoms with Gasteiger partial charge in [0.15, 0.2) is 0 Å². The van der Waals surface area contributed by atoms with Crippen LogP contribution >= 0.6 is 0 Å². The largest absolute Gasteiger partial charge is 0.490 e. The number of aromatic carboxylic acids is 1. The van der Waals surface area contributed by atoms with E-state index >= 15 is 0 Å². The van der Waals surface area contributed by atoms with Gasteiger partial charge in [-0.2, -0.15) is 26.3 Å². The quantitative estimate of drug-likeness (QED) is 0.555. The molecule has 202 valence electrons. The van der Waals surface area contributed by atoms with Gasteiger partial charge in [-0.3, -0.25) is 9.69 Å². The van der Waals surface area contributed by atoms with E-state index in [0.29, 0.717) is 17.0 Å². The van der Waals surface area contributed by atoms with Crippen LogP contribution in [0.1, 0.15) is 48.0 Å². The molecule has 0 aliphatic carbocycles. The number of aliphatic carboxylic acids is 1. The second-order valence-electron chi connectivity index (χ2n) is 8.31. The predicted molar refractivity (Wildman–Crippen MR) is 114 cm³/mol. The molecule has 0 bridgehead atoms. The Morgan fingerprint density at radius 1 is 0.944 bits per heavy atom. The summed E-state index contributed by atoms with van der Waals surface area (Å²) in [6, 6.07) is 3.58. The first-order valence-electron chi connectivity index (χ1n) is 11.1. The fourth-order valence-electron chi connectivity index (χ4n) is 3.98. The Kier molecular flexibility index (Phi) is 10.1. The average Bonchev–Trinajstić information content (AvgIpc) is 2.80. The molecule has 2 aliphatic heterocycles. The number of carbonyl (C=O) groups excluding carboxylic acids is 1. The number of hydrogen-bond acceptors (Lipinski definition) is 5. The van der Waals surface area contributed by atoms with Crippen molar-refractivity contribution in [2.24, 2.45) is 0 Å². The zero-order chi connectivity index (χ0) is 27.1. The molecule has 0 spiro atoms. The number of carbonyl (C=O) groups is 3. The highest BCUT2D eigenvalue weighted by Gasteiger charge is 2.46. The normalized spacial score (nSPS) is 17.6. The van der Waals surface area contributed by atoms with Crippen LogP contribution in [0.4, 0.5) is 32.0 Å². The predicted octanol–water partition coefficient (Wildman–Crippen LogP) is 4.08. The number of halogens is 6. The fourth-order valence-corrected chi connectivity index (χ4v) is 3.98. The maximum atomic E-state index is 13.4. The van der Waals surface area contributed by atoms with Crippen molar-refractivity contribution in [1.29, 1.82) is 0 Å². The first kappa shape index (κ1) is 29.4. The zero-order valence-corrected chi connectivity index (χ0v) is 19.1. The summed E-state index contributed by atoms with van der Waals surface area (Å²) in [5, 5.41) is 16.7. The summed E-state index contributed by atoms with van der Waals surface area (Å²) in [7, 11) is 0. The maximum absolute atomic E-state index is 13.4. The minimum absolute atomic E-state index is 0.193. The molecule has 1 aromatic carbocycles. The maximum Gasteiger partial charge on any atom is 0.490 e. The molecule has 2 aliphatic rings. The SMILES string of the molecule is O=C(O)C(F)(F)F.O=C(O)c1ccc(CN2CCCCC2)cc1N(C(=O)C(F)(F)F)C1CCOCC1. The molecule has 3 rings (SSSR count). The van der Waals surface area contributed by atoms with Crippen molar-refractivity contribution in [3.05, 3.63) is 29.3 Å². The Morgan fingerprint density at radius 2 is 1.50 bits per heavy atom. The summed E-state index contributed by atoms with van der Waals surface area (Å²) >= 11 is 0. The lowest BCUT2D eigenvalue weighted by atomic mass is 10.0. The van der Waals surface area contributed by atoms with Gasteiger partial charge in [0.1, 0.15) is 0 Å². The van der Waals surface area contributed by atoms with E-state index in [9.17, 15) is 41.0 Å². The molecule has 8 nitrogen and oxygen atoms in total. The summed E-state index contributed by atoms with van der Waals surface area (Å²) in [5.74, 6) is -6.16. The Hall–Kier alpha value is -2.87. The highest BCUT2D eigenvalue weighted by Crippen LogP contribution is 2.33. The first-order chi connectivity index (χ1) is 16.7. The first-order valence-corrected chi connectivity index (χ1v) is 11.1. The lowest BCUT2D eigenvalue weighted by Gasteiger charge is -2.36. The average molecular weight is 528 g/mol. The molecule has 2 fully saturated rings. The van der Waals surface area contributed by atoms with Crippen molar-refractivity contribution in [2.45, 2.75) is 57.0 Å². The number of rotatable bonds is 5. The van der Waals surface area contributed by atoms with Gasteiger partial charge >= 0.3 is 30.2 Å². The number of benzene rings is 1. The molecule has 1 amide bonds. The van der Waals surface area contributed by atoms with Crippen molar-refractivity contribution in [3.63, 3.8) is 0 Å². The van der Waals surface area contributed by atoms with E-state index in [1.807, 2.05) is 0 Å². The molecule has 0 unspecified atom stereocenters. The number of carboxylic acids is 2. The van der Waals surface area contributed by atoms with Crippen molar-refractivity contribution in [1.82, 2.24) is 4.90 Å². The standard InChI is InChI=1S/C20H25F3N2O4.C2HF3O2/c21-20(22,23)19(28)25(15-6-10-29-11-7-15)17-12-14(4-5-16(17)18(26)27)13-24-8-2-1-3-9-24;3-2(4,5)1(6)7/h4-5,12,15H,1-3,6-11,13H2,(H,26,27);(H,6,7). The smallest absolute Gasteiger partial charge is 0.478 e. The van der Waals surface area contributed by atoms with Crippen LogP contribution < -0.4 is 4.90 Å². The summed E-state index contributed by atoms with van der Waals surface area (Å²) < 4.78 is 77.1. The van der Waals surface area contributed by atoms with Gasteiger partial charge in [0.25, 0.3) is 0 Å².